The average Bonchev–Trinajstić information content (AvgIpc) is 2.85. The van der Waals surface area contributed by atoms with Crippen molar-refractivity contribution in [2.45, 2.75) is 43.4 Å². The number of piperidine rings is 1. The molecule has 4 rings (SSSR count). The number of nitrogens with zero attached hydrogens (tertiary/aromatic N) is 2. The molecule has 2 aliphatic rings. The molecule has 2 saturated heterocycles. The Hall–Kier alpha value is -2.42. The molecule has 7 nitrogen and oxygen atoms in total. The Labute approximate surface area is 196 Å². The number of hydrogen-bond acceptors (Lipinski definition) is 5. The first-order valence-electron chi connectivity index (χ1n) is 11.8. The first-order chi connectivity index (χ1) is 15.9. The van der Waals surface area contributed by atoms with Crippen LogP contribution in [0.5, 0.6) is 0 Å². The Morgan fingerprint density at radius 2 is 1.70 bits per heavy atom. The van der Waals surface area contributed by atoms with Gasteiger partial charge >= 0.3 is 0 Å². The maximum atomic E-state index is 13.2. The molecule has 2 aromatic carbocycles. The third-order valence-electron chi connectivity index (χ3n) is 6.41. The number of hydrogen-bond donors (Lipinski definition) is 1. The highest BCUT2D eigenvalue weighted by Crippen LogP contribution is 2.33. The molecule has 0 radical (unpaired) electrons. The van der Waals surface area contributed by atoms with Crippen molar-refractivity contribution in [1.82, 2.24) is 4.31 Å². The number of nitrogens with one attached hydrogen (secondary N) is 1. The number of ether oxygens (including phenoxy) is 1. The van der Waals surface area contributed by atoms with Gasteiger partial charge in [-0.1, -0.05) is 37.3 Å². The summed E-state index contributed by atoms with van der Waals surface area (Å²) in [5, 5.41) is 3.04. The minimum Gasteiger partial charge on any atom is -0.379 e. The van der Waals surface area contributed by atoms with Gasteiger partial charge in [0.2, 0.25) is 15.9 Å². The first kappa shape index (κ1) is 23.7. The van der Waals surface area contributed by atoms with Crippen molar-refractivity contribution in [3.63, 3.8) is 0 Å². The Kier molecular flexibility index (Phi) is 7.67. The third kappa shape index (κ3) is 5.75. The predicted octanol–water partition coefficient (Wildman–Crippen LogP) is 3.83. The standard InChI is InChI=1S/C25H33N3O4S/c1-20(21-8-4-2-5-9-21)18-25(29)26-23-19-22(33(30,31)28-14-16-32-17-15-28)10-11-24(23)27-12-6-3-7-13-27/h2,4-5,8-11,19-20H,3,6-7,12-18H2,1H3,(H,26,29). The fourth-order valence-corrected chi connectivity index (χ4v) is 5.94. The normalized spacial score (nSPS) is 18.6. The molecule has 1 amide bonds. The predicted molar refractivity (Wildman–Crippen MR) is 130 cm³/mol. The van der Waals surface area contributed by atoms with Crippen LogP contribution in [0.1, 0.15) is 44.1 Å². The van der Waals surface area contributed by atoms with Crippen LogP contribution >= 0.6 is 0 Å². The van der Waals surface area contributed by atoms with E-state index in [0.29, 0.717) is 38.4 Å². The summed E-state index contributed by atoms with van der Waals surface area (Å²) in [6.45, 7) is 5.30. The molecule has 2 aliphatic heterocycles. The highest BCUT2D eigenvalue weighted by Gasteiger charge is 2.28. The van der Waals surface area contributed by atoms with Crippen LogP contribution in [-0.2, 0) is 19.6 Å². The SMILES string of the molecule is CC(CC(=O)Nc1cc(S(=O)(=O)N2CCOCC2)ccc1N1CCCCC1)c1ccccc1. The van der Waals surface area contributed by atoms with Gasteiger partial charge in [-0.3, -0.25) is 4.79 Å². The van der Waals surface area contributed by atoms with Crippen molar-refractivity contribution in [3.8, 4) is 0 Å². The van der Waals surface area contributed by atoms with Crippen LogP contribution in [0.2, 0.25) is 0 Å². The topological polar surface area (TPSA) is 79.0 Å². The lowest BCUT2D eigenvalue weighted by Crippen LogP contribution is -2.40. The van der Waals surface area contributed by atoms with Crippen molar-refractivity contribution in [1.29, 1.82) is 0 Å². The van der Waals surface area contributed by atoms with Gasteiger partial charge in [-0.25, -0.2) is 8.42 Å². The number of rotatable bonds is 7. The van der Waals surface area contributed by atoms with Crippen molar-refractivity contribution < 1.29 is 17.9 Å². The molecule has 2 fully saturated rings. The number of morpholine rings is 1. The number of carbonyl (C=O) groups is 1. The minimum absolute atomic E-state index is 0.0601. The number of carbonyl (C=O) groups excluding carboxylic acids is 1. The maximum absolute atomic E-state index is 13.2. The molecular formula is C25H33N3O4S. The Morgan fingerprint density at radius 3 is 2.39 bits per heavy atom. The summed E-state index contributed by atoms with van der Waals surface area (Å²) < 4.78 is 33.2. The van der Waals surface area contributed by atoms with E-state index >= 15 is 0 Å². The monoisotopic (exact) mass is 471 g/mol. The molecule has 1 unspecified atom stereocenters. The van der Waals surface area contributed by atoms with Crippen LogP contribution in [0.4, 0.5) is 11.4 Å². The van der Waals surface area contributed by atoms with Gasteiger partial charge < -0.3 is 15.0 Å². The van der Waals surface area contributed by atoms with Crippen LogP contribution in [0.15, 0.2) is 53.4 Å². The molecule has 0 aliphatic carbocycles. The molecule has 0 aromatic heterocycles. The zero-order valence-corrected chi connectivity index (χ0v) is 20.0. The van der Waals surface area contributed by atoms with Gasteiger partial charge in [-0.2, -0.15) is 4.31 Å². The van der Waals surface area contributed by atoms with E-state index in [9.17, 15) is 13.2 Å². The second-order valence-corrected chi connectivity index (χ2v) is 10.7. The van der Waals surface area contributed by atoms with Crippen molar-refractivity contribution in [2.75, 3.05) is 49.6 Å². The van der Waals surface area contributed by atoms with Crippen LogP contribution in [-0.4, -0.2) is 58.0 Å². The molecule has 2 aromatic rings. The van der Waals surface area contributed by atoms with Crippen LogP contribution in [0.25, 0.3) is 0 Å². The second kappa shape index (κ2) is 10.7. The molecule has 33 heavy (non-hydrogen) atoms. The van der Waals surface area contributed by atoms with Crippen molar-refractivity contribution in [2.24, 2.45) is 0 Å². The van der Waals surface area contributed by atoms with Crippen LogP contribution < -0.4 is 10.2 Å². The molecule has 178 valence electrons. The number of sulfonamides is 1. The minimum atomic E-state index is -3.65. The van der Waals surface area contributed by atoms with Crippen molar-refractivity contribution in [3.05, 3.63) is 54.1 Å². The summed E-state index contributed by atoms with van der Waals surface area (Å²) in [6.07, 6.45) is 3.69. The number of benzene rings is 2. The van der Waals surface area contributed by atoms with Gasteiger partial charge in [0, 0.05) is 32.6 Å². The fraction of sp³-hybridized carbons (Fsp3) is 0.480. The fourth-order valence-electron chi connectivity index (χ4n) is 4.50. The summed E-state index contributed by atoms with van der Waals surface area (Å²) in [5.74, 6) is -0.0598. The first-order valence-corrected chi connectivity index (χ1v) is 13.2. The van der Waals surface area contributed by atoms with Crippen LogP contribution in [0, 0.1) is 0 Å². The lowest BCUT2D eigenvalue weighted by atomic mass is 9.97. The highest BCUT2D eigenvalue weighted by molar-refractivity contribution is 7.89. The zero-order valence-electron chi connectivity index (χ0n) is 19.2. The Morgan fingerprint density at radius 1 is 1.00 bits per heavy atom. The quantitative estimate of drug-likeness (QED) is 0.664. The Balaban J connectivity index is 1.58. The third-order valence-corrected chi connectivity index (χ3v) is 8.30. The summed E-state index contributed by atoms with van der Waals surface area (Å²) >= 11 is 0. The maximum Gasteiger partial charge on any atom is 0.243 e. The van der Waals surface area contributed by atoms with Gasteiger partial charge in [0.05, 0.1) is 29.5 Å². The van der Waals surface area contributed by atoms with Gasteiger partial charge in [0.15, 0.2) is 0 Å². The van der Waals surface area contributed by atoms with E-state index in [1.165, 1.54) is 10.7 Å². The average molecular weight is 472 g/mol. The smallest absolute Gasteiger partial charge is 0.243 e. The molecule has 1 N–H and O–H groups in total. The number of amides is 1. The molecule has 0 bridgehead atoms. The number of anilines is 2. The molecule has 0 spiro atoms. The second-order valence-electron chi connectivity index (χ2n) is 8.81. The lowest BCUT2D eigenvalue weighted by molar-refractivity contribution is -0.116. The summed E-state index contributed by atoms with van der Waals surface area (Å²) in [7, 11) is -3.65. The van der Waals surface area contributed by atoms with E-state index in [0.717, 1.165) is 37.2 Å². The summed E-state index contributed by atoms with van der Waals surface area (Å²) in [6, 6.07) is 15.1. The largest absolute Gasteiger partial charge is 0.379 e. The zero-order chi connectivity index (χ0) is 23.3. The highest BCUT2D eigenvalue weighted by atomic mass is 32.2. The molecule has 2 heterocycles. The van der Waals surface area contributed by atoms with E-state index in [1.807, 2.05) is 43.3 Å². The van der Waals surface area contributed by atoms with E-state index in [4.69, 9.17) is 4.74 Å². The Bertz CT molecular complexity index is 1050. The summed E-state index contributed by atoms with van der Waals surface area (Å²) in [5.41, 5.74) is 2.56. The molecule has 1 atom stereocenters. The van der Waals surface area contributed by atoms with Gasteiger partial charge in [-0.15, -0.1) is 0 Å². The lowest BCUT2D eigenvalue weighted by Gasteiger charge is -2.31. The van der Waals surface area contributed by atoms with E-state index in [-0.39, 0.29) is 16.7 Å². The molecule has 0 saturated carbocycles. The van der Waals surface area contributed by atoms with E-state index in [1.54, 1.807) is 12.1 Å². The van der Waals surface area contributed by atoms with Gasteiger partial charge in [-0.05, 0) is 48.9 Å². The van der Waals surface area contributed by atoms with E-state index in [2.05, 4.69) is 10.2 Å². The molecular weight excluding hydrogens is 438 g/mol. The van der Waals surface area contributed by atoms with Gasteiger partial charge in [0.1, 0.15) is 0 Å². The van der Waals surface area contributed by atoms with E-state index < -0.39 is 10.0 Å². The van der Waals surface area contributed by atoms with Crippen LogP contribution in [0.3, 0.4) is 0 Å². The van der Waals surface area contributed by atoms with Crippen molar-refractivity contribution >= 4 is 27.3 Å². The summed E-state index contributed by atoms with van der Waals surface area (Å²) in [4.78, 5) is 15.4. The molecule has 8 heteroatoms. The van der Waals surface area contributed by atoms with Gasteiger partial charge in [0.25, 0.3) is 0 Å².